The van der Waals surface area contributed by atoms with Crippen molar-refractivity contribution >= 4 is 12.1 Å². The Morgan fingerprint density at radius 1 is 1.29 bits per heavy atom. The number of unbranched alkanes of at least 4 members (excludes halogenated alkanes) is 1. The van der Waals surface area contributed by atoms with Gasteiger partial charge in [0.1, 0.15) is 0 Å². The number of hydrogen-bond acceptors (Lipinski definition) is 4. The van der Waals surface area contributed by atoms with Crippen molar-refractivity contribution in [2.24, 2.45) is 0 Å². The van der Waals surface area contributed by atoms with E-state index in [1.807, 2.05) is 0 Å². The van der Waals surface area contributed by atoms with Crippen LogP contribution < -0.4 is 5.48 Å². The molecule has 1 amide bonds. The van der Waals surface area contributed by atoms with Crippen molar-refractivity contribution in [3.63, 3.8) is 0 Å². The molecule has 1 N–H and O–H groups in total. The van der Waals surface area contributed by atoms with Crippen molar-refractivity contribution in [2.75, 3.05) is 6.61 Å². The highest BCUT2D eigenvalue weighted by Gasteiger charge is 2.03. The average molecular weight is 238 g/mol. The van der Waals surface area contributed by atoms with Gasteiger partial charge in [0, 0.05) is 12.1 Å². The Bertz CT molecular complexity index is 364. The third-order valence-electron chi connectivity index (χ3n) is 2.24. The Morgan fingerprint density at radius 3 is 2.59 bits per heavy atom. The molecule has 0 bridgehead atoms. The molecule has 92 valence electrons. The molecular formula is C11H14N2O4. The molecule has 0 fully saturated rings. The molecule has 0 saturated carbocycles. The number of non-ortho nitro benzene ring substituents is 1. The van der Waals surface area contributed by atoms with Gasteiger partial charge >= 0.3 is 0 Å². The van der Waals surface area contributed by atoms with Crippen molar-refractivity contribution in [1.29, 1.82) is 0 Å². The fraction of sp³-hybridized carbons (Fsp3) is 0.364. The van der Waals surface area contributed by atoms with Gasteiger partial charge in [-0.1, -0.05) is 12.1 Å². The number of nitro groups is 1. The van der Waals surface area contributed by atoms with Crippen LogP contribution in [0.25, 0.3) is 0 Å². The standard InChI is InChI=1S/C11H14N2O4/c14-9-12-17-8-2-1-3-10-4-6-11(7-5-10)13(15)16/h4-7,9H,1-3,8H2,(H,12,14). The predicted molar refractivity (Wildman–Crippen MR) is 61.2 cm³/mol. The highest BCUT2D eigenvalue weighted by atomic mass is 16.6. The number of nitrogens with one attached hydrogen (secondary N) is 1. The topological polar surface area (TPSA) is 81.5 Å². The minimum Gasteiger partial charge on any atom is -0.277 e. The van der Waals surface area contributed by atoms with Crippen molar-refractivity contribution < 1.29 is 14.6 Å². The summed E-state index contributed by atoms with van der Waals surface area (Å²) in [4.78, 5) is 24.6. The van der Waals surface area contributed by atoms with Crippen LogP contribution in [0.4, 0.5) is 5.69 Å². The summed E-state index contributed by atoms with van der Waals surface area (Å²) in [7, 11) is 0. The van der Waals surface area contributed by atoms with E-state index in [0.717, 1.165) is 24.8 Å². The second-order valence-corrected chi connectivity index (χ2v) is 3.46. The molecular weight excluding hydrogens is 224 g/mol. The molecule has 6 nitrogen and oxygen atoms in total. The van der Waals surface area contributed by atoms with Gasteiger partial charge in [-0.05, 0) is 24.8 Å². The summed E-state index contributed by atoms with van der Waals surface area (Å²) in [6.45, 7) is 0.464. The van der Waals surface area contributed by atoms with E-state index in [1.165, 1.54) is 12.1 Å². The number of carbonyl (C=O) groups excluding carboxylic acids is 1. The minimum absolute atomic E-state index is 0.104. The number of nitro benzene ring substituents is 1. The zero-order chi connectivity index (χ0) is 12.5. The smallest absolute Gasteiger partial charge is 0.269 e. The Balaban J connectivity index is 2.23. The maximum atomic E-state index is 10.4. The molecule has 1 aromatic rings. The Morgan fingerprint density at radius 2 is 2.00 bits per heavy atom. The van der Waals surface area contributed by atoms with E-state index in [9.17, 15) is 14.9 Å². The molecule has 0 saturated heterocycles. The average Bonchev–Trinajstić information content (AvgIpc) is 2.34. The highest BCUT2D eigenvalue weighted by Crippen LogP contribution is 2.13. The van der Waals surface area contributed by atoms with E-state index in [1.54, 1.807) is 12.1 Å². The van der Waals surface area contributed by atoms with Crippen LogP contribution in [0.2, 0.25) is 0 Å². The van der Waals surface area contributed by atoms with Gasteiger partial charge in [0.05, 0.1) is 11.5 Å². The van der Waals surface area contributed by atoms with E-state index in [4.69, 9.17) is 4.84 Å². The largest absolute Gasteiger partial charge is 0.277 e. The fourth-order valence-electron chi connectivity index (χ4n) is 1.38. The third-order valence-corrected chi connectivity index (χ3v) is 2.24. The maximum Gasteiger partial charge on any atom is 0.269 e. The number of rotatable bonds is 8. The Kier molecular flexibility index (Phi) is 5.67. The summed E-state index contributed by atoms with van der Waals surface area (Å²) >= 11 is 0. The molecule has 1 rings (SSSR count). The molecule has 0 aliphatic heterocycles. The number of hydroxylamine groups is 1. The summed E-state index contributed by atoms with van der Waals surface area (Å²) in [5, 5.41) is 10.4. The molecule has 17 heavy (non-hydrogen) atoms. The fourth-order valence-corrected chi connectivity index (χ4v) is 1.38. The molecule has 0 atom stereocenters. The lowest BCUT2D eigenvalue weighted by molar-refractivity contribution is -0.384. The van der Waals surface area contributed by atoms with Crippen LogP contribution in [-0.4, -0.2) is 17.9 Å². The first-order valence-corrected chi connectivity index (χ1v) is 5.28. The molecule has 6 heteroatoms. The first kappa shape index (κ1) is 13.1. The monoisotopic (exact) mass is 238 g/mol. The summed E-state index contributed by atoms with van der Waals surface area (Å²) in [6.07, 6.45) is 3.04. The number of benzene rings is 1. The molecule has 0 aliphatic carbocycles. The quantitative estimate of drug-likeness (QED) is 0.323. The predicted octanol–water partition coefficient (Wildman–Crippen LogP) is 1.60. The molecule has 0 spiro atoms. The molecule has 0 aromatic heterocycles. The number of aryl methyl sites for hydroxylation is 1. The van der Waals surface area contributed by atoms with Crippen LogP contribution in [0, 0.1) is 10.1 Å². The van der Waals surface area contributed by atoms with Gasteiger partial charge in [-0.3, -0.25) is 19.7 Å². The first-order valence-electron chi connectivity index (χ1n) is 5.28. The molecule has 1 aromatic carbocycles. The number of amides is 1. The molecule has 0 heterocycles. The summed E-state index contributed by atoms with van der Waals surface area (Å²) < 4.78 is 0. The maximum absolute atomic E-state index is 10.4. The normalized spacial score (nSPS) is 9.88. The van der Waals surface area contributed by atoms with Crippen LogP contribution in [0.3, 0.4) is 0 Å². The second kappa shape index (κ2) is 7.34. The van der Waals surface area contributed by atoms with Gasteiger partial charge in [-0.2, -0.15) is 0 Å². The summed E-state index contributed by atoms with van der Waals surface area (Å²) in [6, 6.07) is 6.50. The van der Waals surface area contributed by atoms with Gasteiger partial charge < -0.3 is 0 Å². The third kappa shape index (κ3) is 5.07. The SMILES string of the molecule is O=CNOCCCCc1ccc([N+](=O)[O-])cc1. The number of carbonyl (C=O) groups is 1. The Hall–Kier alpha value is -1.95. The van der Waals surface area contributed by atoms with Crippen LogP contribution in [0.5, 0.6) is 0 Å². The Labute approximate surface area is 98.7 Å². The lowest BCUT2D eigenvalue weighted by Crippen LogP contribution is -2.12. The van der Waals surface area contributed by atoms with Gasteiger partial charge in [-0.25, -0.2) is 5.48 Å². The van der Waals surface area contributed by atoms with Crippen molar-refractivity contribution in [3.05, 3.63) is 39.9 Å². The van der Waals surface area contributed by atoms with E-state index in [-0.39, 0.29) is 5.69 Å². The van der Waals surface area contributed by atoms with Crippen LogP contribution in [-0.2, 0) is 16.1 Å². The van der Waals surface area contributed by atoms with E-state index < -0.39 is 4.92 Å². The van der Waals surface area contributed by atoms with Gasteiger partial charge in [0.15, 0.2) is 0 Å². The lowest BCUT2D eigenvalue weighted by Gasteiger charge is -2.02. The van der Waals surface area contributed by atoms with Crippen molar-refractivity contribution in [3.8, 4) is 0 Å². The molecule has 0 unspecified atom stereocenters. The van der Waals surface area contributed by atoms with Crippen LogP contribution >= 0.6 is 0 Å². The molecule has 0 radical (unpaired) electrons. The number of hydrogen-bond donors (Lipinski definition) is 1. The van der Waals surface area contributed by atoms with Crippen LogP contribution in [0.1, 0.15) is 18.4 Å². The van der Waals surface area contributed by atoms with Crippen LogP contribution in [0.15, 0.2) is 24.3 Å². The molecule has 0 aliphatic rings. The lowest BCUT2D eigenvalue weighted by atomic mass is 10.1. The zero-order valence-electron chi connectivity index (χ0n) is 9.30. The van der Waals surface area contributed by atoms with Crippen molar-refractivity contribution in [2.45, 2.75) is 19.3 Å². The highest BCUT2D eigenvalue weighted by molar-refractivity contribution is 5.43. The van der Waals surface area contributed by atoms with Crippen molar-refractivity contribution in [1.82, 2.24) is 5.48 Å². The van der Waals surface area contributed by atoms with Gasteiger partial charge in [0.25, 0.3) is 5.69 Å². The first-order chi connectivity index (χ1) is 8.24. The number of nitrogens with zero attached hydrogens (tertiary/aromatic N) is 1. The zero-order valence-corrected chi connectivity index (χ0v) is 9.30. The summed E-state index contributed by atoms with van der Waals surface area (Å²) in [5.74, 6) is 0. The second-order valence-electron chi connectivity index (χ2n) is 3.46. The van der Waals surface area contributed by atoms with E-state index in [0.29, 0.717) is 13.0 Å². The van der Waals surface area contributed by atoms with E-state index >= 15 is 0 Å². The van der Waals surface area contributed by atoms with Gasteiger partial charge in [0.2, 0.25) is 6.41 Å². The van der Waals surface area contributed by atoms with Gasteiger partial charge in [-0.15, -0.1) is 0 Å². The summed E-state index contributed by atoms with van der Waals surface area (Å²) in [5.41, 5.74) is 3.27. The minimum atomic E-state index is -0.414. The van der Waals surface area contributed by atoms with E-state index in [2.05, 4.69) is 5.48 Å².